The average Bonchev–Trinajstić information content (AvgIpc) is 2.26. The van der Waals surface area contributed by atoms with Gasteiger partial charge in [0, 0.05) is 12.6 Å². The van der Waals surface area contributed by atoms with Crippen LogP contribution in [0.3, 0.4) is 0 Å². The Morgan fingerprint density at radius 1 is 1.47 bits per heavy atom. The average molecular weight is 222 g/mol. The molecular weight excluding hydrogens is 204 g/mol. The maximum atomic E-state index is 3.60. The van der Waals surface area contributed by atoms with E-state index in [9.17, 15) is 0 Å². The first-order valence-corrected chi connectivity index (χ1v) is 6.79. The minimum absolute atomic E-state index is 0.576. The van der Waals surface area contributed by atoms with E-state index in [1.165, 1.54) is 29.1 Å². The molecule has 0 saturated carbocycles. The second-order valence-electron chi connectivity index (χ2n) is 4.00. The molecular formula is C12H18N2S. The van der Waals surface area contributed by atoms with Gasteiger partial charge in [0.2, 0.25) is 0 Å². The van der Waals surface area contributed by atoms with Gasteiger partial charge >= 0.3 is 0 Å². The molecule has 0 radical (unpaired) electrons. The third-order valence-electron chi connectivity index (χ3n) is 2.83. The molecule has 0 spiro atoms. The van der Waals surface area contributed by atoms with E-state index in [-0.39, 0.29) is 0 Å². The molecule has 1 heterocycles. The topological polar surface area (TPSA) is 24.1 Å². The number of hydrogen-bond acceptors (Lipinski definition) is 3. The van der Waals surface area contributed by atoms with Crippen molar-refractivity contribution < 1.29 is 0 Å². The van der Waals surface area contributed by atoms with Crippen molar-refractivity contribution in [1.82, 2.24) is 0 Å². The fourth-order valence-electron chi connectivity index (χ4n) is 1.95. The highest BCUT2D eigenvalue weighted by Crippen LogP contribution is 2.29. The minimum Gasteiger partial charge on any atom is -0.381 e. The second-order valence-corrected chi connectivity index (χ2v) is 4.99. The lowest BCUT2D eigenvalue weighted by Gasteiger charge is -2.29. The van der Waals surface area contributed by atoms with E-state index in [1.807, 2.05) is 11.8 Å². The van der Waals surface area contributed by atoms with Crippen molar-refractivity contribution in [2.75, 3.05) is 29.2 Å². The van der Waals surface area contributed by atoms with Gasteiger partial charge in [-0.3, -0.25) is 0 Å². The number of thioether (sulfide) groups is 1. The number of nitrogens with one attached hydrogen (secondary N) is 2. The molecule has 0 aliphatic carbocycles. The van der Waals surface area contributed by atoms with Crippen molar-refractivity contribution in [3.8, 4) is 0 Å². The monoisotopic (exact) mass is 222 g/mol. The van der Waals surface area contributed by atoms with Gasteiger partial charge in [-0.05, 0) is 37.0 Å². The molecule has 2 nitrogen and oxygen atoms in total. The van der Waals surface area contributed by atoms with E-state index >= 15 is 0 Å². The fraction of sp³-hybridized carbons (Fsp3) is 0.500. The molecule has 0 bridgehead atoms. The quantitative estimate of drug-likeness (QED) is 0.822. The Kier molecular flexibility index (Phi) is 3.41. The molecule has 3 heteroatoms. The van der Waals surface area contributed by atoms with Crippen LogP contribution >= 0.6 is 11.8 Å². The maximum absolute atomic E-state index is 3.60. The van der Waals surface area contributed by atoms with Crippen LogP contribution in [0.15, 0.2) is 18.2 Å². The Labute approximate surface area is 95.8 Å². The summed E-state index contributed by atoms with van der Waals surface area (Å²) in [5.74, 6) is 1.22. The SMILES string of the molecule is CSCCC1CNc2c(C)cccc2N1. The van der Waals surface area contributed by atoms with Gasteiger partial charge in [0.25, 0.3) is 0 Å². The summed E-state index contributed by atoms with van der Waals surface area (Å²) in [5.41, 5.74) is 3.86. The first-order chi connectivity index (χ1) is 7.31. The lowest BCUT2D eigenvalue weighted by molar-refractivity contribution is 0.719. The molecule has 1 aromatic carbocycles. The minimum atomic E-state index is 0.576. The Hall–Kier alpha value is -0.830. The summed E-state index contributed by atoms with van der Waals surface area (Å²) in [6.45, 7) is 3.19. The summed E-state index contributed by atoms with van der Waals surface area (Å²) >= 11 is 1.91. The smallest absolute Gasteiger partial charge is 0.0606 e. The molecule has 1 unspecified atom stereocenters. The highest BCUT2D eigenvalue weighted by molar-refractivity contribution is 7.98. The standard InChI is InChI=1S/C12H18N2S/c1-9-4-3-5-11-12(9)13-8-10(14-11)6-7-15-2/h3-5,10,13-14H,6-8H2,1-2H3. The normalized spacial score (nSPS) is 18.9. The predicted octanol–water partition coefficient (Wildman–Crippen LogP) is 2.95. The van der Waals surface area contributed by atoms with E-state index in [2.05, 4.69) is 42.0 Å². The molecule has 2 rings (SSSR count). The molecule has 82 valence electrons. The van der Waals surface area contributed by atoms with Crippen LogP contribution in [0.5, 0.6) is 0 Å². The van der Waals surface area contributed by atoms with Gasteiger partial charge in [-0.15, -0.1) is 0 Å². The van der Waals surface area contributed by atoms with Gasteiger partial charge in [0.1, 0.15) is 0 Å². The van der Waals surface area contributed by atoms with Crippen LogP contribution in [-0.4, -0.2) is 24.6 Å². The van der Waals surface area contributed by atoms with E-state index < -0.39 is 0 Å². The van der Waals surface area contributed by atoms with Crippen molar-refractivity contribution in [1.29, 1.82) is 0 Å². The van der Waals surface area contributed by atoms with E-state index in [0.717, 1.165) is 6.54 Å². The number of hydrogen-bond donors (Lipinski definition) is 2. The molecule has 0 saturated heterocycles. The van der Waals surface area contributed by atoms with Gasteiger partial charge in [-0.2, -0.15) is 11.8 Å². The zero-order valence-electron chi connectivity index (χ0n) is 9.34. The van der Waals surface area contributed by atoms with Gasteiger partial charge in [-0.25, -0.2) is 0 Å². The van der Waals surface area contributed by atoms with Gasteiger partial charge in [-0.1, -0.05) is 12.1 Å². The van der Waals surface area contributed by atoms with Crippen LogP contribution in [0.1, 0.15) is 12.0 Å². The lowest BCUT2D eigenvalue weighted by atomic mass is 10.1. The molecule has 1 atom stereocenters. The van der Waals surface area contributed by atoms with Crippen molar-refractivity contribution in [2.24, 2.45) is 0 Å². The first kappa shape index (κ1) is 10.7. The first-order valence-electron chi connectivity index (χ1n) is 5.40. The van der Waals surface area contributed by atoms with E-state index in [4.69, 9.17) is 0 Å². The summed E-state index contributed by atoms with van der Waals surface area (Å²) in [7, 11) is 0. The molecule has 0 aromatic heterocycles. The summed E-state index contributed by atoms with van der Waals surface area (Å²) in [6.07, 6.45) is 3.38. The van der Waals surface area contributed by atoms with Crippen LogP contribution < -0.4 is 10.6 Å². The lowest BCUT2D eigenvalue weighted by Crippen LogP contribution is -2.33. The molecule has 0 fully saturated rings. The highest BCUT2D eigenvalue weighted by Gasteiger charge is 2.17. The number of anilines is 2. The third-order valence-corrected chi connectivity index (χ3v) is 3.47. The van der Waals surface area contributed by atoms with Crippen LogP contribution in [0, 0.1) is 6.92 Å². The third kappa shape index (κ3) is 2.40. The largest absolute Gasteiger partial charge is 0.381 e. The molecule has 1 aromatic rings. The van der Waals surface area contributed by atoms with E-state index in [0.29, 0.717) is 6.04 Å². The Morgan fingerprint density at radius 2 is 2.33 bits per heavy atom. The Bertz CT molecular complexity index is 338. The molecule has 1 aliphatic heterocycles. The number of fused-ring (bicyclic) bond motifs is 1. The summed E-state index contributed by atoms with van der Waals surface area (Å²) in [5, 5.41) is 7.11. The van der Waals surface area contributed by atoms with Crippen LogP contribution in [0.25, 0.3) is 0 Å². The molecule has 1 aliphatic rings. The van der Waals surface area contributed by atoms with Crippen LogP contribution in [0.4, 0.5) is 11.4 Å². The van der Waals surface area contributed by atoms with Crippen molar-refractivity contribution in [2.45, 2.75) is 19.4 Å². The maximum Gasteiger partial charge on any atom is 0.0606 e. The van der Waals surface area contributed by atoms with Crippen molar-refractivity contribution >= 4 is 23.1 Å². The predicted molar refractivity (Wildman–Crippen MR) is 70.1 cm³/mol. The van der Waals surface area contributed by atoms with Crippen molar-refractivity contribution in [3.05, 3.63) is 23.8 Å². The summed E-state index contributed by atoms with van der Waals surface area (Å²) in [4.78, 5) is 0. The number of benzene rings is 1. The molecule has 15 heavy (non-hydrogen) atoms. The Balaban J connectivity index is 2.07. The molecule has 0 amide bonds. The van der Waals surface area contributed by atoms with Gasteiger partial charge in [0.05, 0.1) is 11.4 Å². The fourth-order valence-corrected chi connectivity index (χ4v) is 2.47. The van der Waals surface area contributed by atoms with Crippen molar-refractivity contribution in [3.63, 3.8) is 0 Å². The number of rotatable bonds is 3. The zero-order valence-corrected chi connectivity index (χ0v) is 10.2. The van der Waals surface area contributed by atoms with Crippen LogP contribution in [-0.2, 0) is 0 Å². The zero-order chi connectivity index (χ0) is 10.7. The summed E-state index contributed by atoms with van der Waals surface area (Å²) < 4.78 is 0. The highest BCUT2D eigenvalue weighted by atomic mass is 32.2. The van der Waals surface area contributed by atoms with Gasteiger partial charge < -0.3 is 10.6 Å². The summed E-state index contributed by atoms with van der Waals surface area (Å²) in [6, 6.07) is 6.99. The molecule has 2 N–H and O–H groups in total. The van der Waals surface area contributed by atoms with E-state index in [1.54, 1.807) is 0 Å². The van der Waals surface area contributed by atoms with Crippen LogP contribution in [0.2, 0.25) is 0 Å². The van der Waals surface area contributed by atoms with Gasteiger partial charge in [0.15, 0.2) is 0 Å². The number of para-hydroxylation sites is 1. The number of aryl methyl sites for hydroxylation is 1. The second kappa shape index (κ2) is 4.79. The Morgan fingerprint density at radius 3 is 3.13 bits per heavy atom.